The monoisotopic (exact) mass is 288 g/mol. The van der Waals surface area contributed by atoms with Crippen LogP contribution in [-0.2, 0) is 0 Å². The molecule has 0 aliphatic carbocycles. The zero-order valence-corrected chi connectivity index (χ0v) is 11.7. The lowest BCUT2D eigenvalue weighted by molar-refractivity contribution is 0.0944. The molecule has 0 saturated heterocycles. The van der Waals surface area contributed by atoms with Crippen LogP contribution in [0.15, 0.2) is 12.1 Å². The molecule has 1 aromatic carbocycles. The standard InChI is InChI=1S/C13H18F2N2OS/c1-19-8-4-2-3-7-17-13(18)11-9(14)5-6-10(16)12(11)15/h5-6H,2-4,7-8,16H2,1H3,(H,17,18). The molecule has 19 heavy (non-hydrogen) atoms. The number of nitrogens with two attached hydrogens (primary N) is 1. The van der Waals surface area contributed by atoms with E-state index in [0.717, 1.165) is 37.1 Å². The van der Waals surface area contributed by atoms with Gasteiger partial charge in [0.1, 0.15) is 11.4 Å². The van der Waals surface area contributed by atoms with E-state index in [4.69, 9.17) is 5.73 Å². The predicted octanol–water partition coefficient (Wildman–Crippen LogP) is 2.81. The third kappa shape index (κ3) is 4.70. The Bertz CT molecular complexity index is 441. The minimum Gasteiger partial charge on any atom is -0.396 e. The van der Waals surface area contributed by atoms with Gasteiger partial charge in [-0.15, -0.1) is 0 Å². The van der Waals surface area contributed by atoms with Gasteiger partial charge in [0.15, 0.2) is 5.82 Å². The number of hydrogen-bond acceptors (Lipinski definition) is 3. The number of unbranched alkanes of at least 4 members (excludes halogenated alkanes) is 2. The van der Waals surface area contributed by atoms with Crippen molar-refractivity contribution >= 4 is 23.4 Å². The van der Waals surface area contributed by atoms with Gasteiger partial charge in [-0.05, 0) is 37.0 Å². The number of nitrogen functional groups attached to an aromatic ring is 1. The van der Waals surface area contributed by atoms with Crippen molar-refractivity contribution in [3.05, 3.63) is 29.3 Å². The molecule has 3 nitrogen and oxygen atoms in total. The third-order valence-electron chi connectivity index (χ3n) is 2.66. The topological polar surface area (TPSA) is 55.1 Å². The number of benzene rings is 1. The molecular weight excluding hydrogens is 270 g/mol. The molecule has 0 aliphatic rings. The Morgan fingerprint density at radius 2 is 2.05 bits per heavy atom. The Labute approximate surface area is 115 Å². The lowest BCUT2D eigenvalue weighted by Crippen LogP contribution is -2.26. The maximum absolute atomic E-state index is 13.6. The summed E-state index contributed by atoms with van der Waals surface area (Å²) in [6.45, 7) is 0.404. The van der Waals surface area contributed by atoms with Crippen molar-refractivity contribution in [3.63, 3.8) is 0 Å². The number of nitrogens with one attached hydrogen (secondary N) is 1. The quantitative estimate of drug-likeness (QED) is 0.599. The first-order valence-corrected chi connectivity index (χ1v) is 7.48. The summed E-state index contributed by atoms with van der Waals surface area (Å²) in [5, 5.41) is 2.50. The molecule has 1 amide bonds. The van der Waals surface area contributed by atoms with Crippen molar-refractivity contribution < 1.29 is 13.6 Å². The first-order chi connectivity index (χ1) is 9.07. The summed E-state index contributed by atoms with van der Waals surface area (Å²) in [4.78, 5) is 11.7. The van der Waals surface area contributed by atoms with Crippen LogP contribution in [0.2, 0.25) is 0 Å². The molecule has 0 aliphatic heterocycles. The maximum Gasteiger partial charge on any atom is 0.257 e. The van der Waals surface area contributed by atoms with Gasteiger partial charge in [-0.25, -0.2) is 8.78 Å². The summed E-state index contributed by atoms with van der Waals surface area (Å²) >= 11 is 1.77. The lowest BCUT2D eigenvalue weighted by atomic mass is 10.1. The molecule has 0 radical (unpaired) electrons. The fraction of sp³-hybridized carbons (Fsp3) is 0.462. The first-order valence-electron chi connectivity index (χ1n) is 6.08. The molecule has 0 aromatic heterocycles. The second kappa shape index (κ2) is 7.99. The van der Waals surface area contributed by atoms with E-state index < -0.39 is 23.1 Å². The molecule has 0 bridgehead atoms. The fourth-order valence-electron chi connectivity index (χ4n) is 1.62. The van der Waals surface area contributed by atoms with E-state index in [1.54, 1.807) is 11.8 Å². The number of carbonyl (C=O) groups is 1. The van der Waals surface area contributed by atoms with Gasteiger partial charge in [0.25, 0.3) is 5.91 Å². The van der Waals surface area contributed by atoms with Crippen LogP contribution < -0.4 is 11.1 Å². The number of hydrogen-bond donors (Lipinski definition) is 2. The highest BCUT2D eigenvalue weighted by Crippen LogP contribution is 2.18. The average Bonchev–Trinajstić information content (AvgIpc) is 2.38. The van der Waals surface area contributed by atoms with Crippen LogP contribution in [0.4, 0.5) is 14.5 Å². The fourth-order valence-corrected chi connectivity index (χ4v) is 2.11. The molecule has 0 fully saturated rings. The number of thioether (sulfide) groups is 1. The third-order valence-corrected chi connectivity index (χ3v) is 3.36. The largest absolute Gasteiger partial charge is 0.396 e. The second-order valence-electron chi connectivity index (χ2n) is 4.13. The molecule has 0 saturated carbocycles. The molecule has 106 valence electrons. The van der Waals surface area contributed by atoms with Crippen molar-refractivity contribution in [2.24, 2.45) is 0 Å². The zero-order valence-electron chi connectivity index (χ0n) is 10.8. The molecule has 0 heterocycles. The highest BCUT2D eigenvalue weighted by molar-refractivity contribution is 7.98. The minimum absolute atomic E-state index is 0.230. The minimum atomic E-state index is -1.00. The highest BCUT2D eigenvalue weighted by atomic mass is 32.2. The van der Waals surface area contributed by atoms with Crippen molar-refractivity contribution in [3.8, 4) is 0 Å². The van der Waals surface area contributed by atoms with E-state index in [-0.39, 0.29) is 5.69 Å². The van der Waals surface area contributed by atoms with Crippen LogP contribution >= 0.6 is 11.8 Å². The number of anilines is 1. The van der Waals surface area contributed by atoms with E-state index in [1.807, 2.05) is 6.26 Å². The SMILES string of the molecule is CSCCCCCNC(=O)c1c(F)ccc(N)c1F. The number of halogens is 2. The van der Waals surface area contributed by atoms with E-state index in [1.165, 1.54) is 0 Å². The van der Waals surface area contributed by atoms with Crippen molar-refractivity contribution in [2.75, 3.05) is 24.3 Å². The van der Waals surface area contributed by atoms with E-state index in [0.29, 0.717) is 6.54 Å². The summed E-state index contributed by atoms with van der Waals surface area (Å²) in [6.07, 6.45) is 4.87. The zero-order chi connectivity index (χ0) is 14.3. The number of rotatable bonds is 7. The Hall–Kier alpha value is -1.30. The van der Waals surface area contributed by atoms with Crippen LogP contribution in [0.1, 0.15) is 29.6 Å². The maximum atomic E-state index is 13.6. The summed E-state index contributed by atoms with van der Waals surface area (Å²) in [6, 6.07) is 2.09. The van der Waals surface area contributed by atoms with Gasteiger partial charge in [-0.2, -0.15) is 11.8 Å². The van der Waals surface area contributed by atoms with Crippen molar-refractivity contribution in [1.82, 2.24) is 5.32 Å². The van der Waals surface area contributed by atoms with Gasteiger partial charge < -0.3 is 11.1 Å². The van der Waals surface area contributed by atoms with Gasteiger partial charge >= 0.3 is 0 Å². The van der Waals surface area contributed by atoms with E-state index in [2.05, 4.69) is 5.32 Å². The van der Waals surface area contributed by atoms with Crippen LogP contribution in [-0.4, -0.2) is 24.5 Å². The number of amides is 1. The Morgan fingerprint density at radius 3 is 2.74 bits per heavy atom. The molecule has 3 N–H and O–H groups in total. The average molecular weight is 288 g/mol. The van der Waals surface area contributed by atoms with Crippen LogP contribution in [0.25, 0.3) is 0 Å². The first kappa shape index (κ1) is 15.8. The summed E-state index contributed by atoms with van der Waals surface area (Å²) in [5.74, 6) is -1.58. The molecule has 0 atom stereocenters. The Morgan fingerprint density at radius 1 is 1.32 bits per heavy atom. The number of carbonyl (C=O) groups excluding carboxylic acids is 1. The lowest BCUT2D eigenvalue weighted by Gasteiger charge is -2.08. The smallest absolute Gasteiger partial charge is 0.257 e. The van der Waals surface area contributed by atoms with Crippen LogP contribution in [0, 0.1) is 11.6 Å². The van der Waals surface area contributed by atoms with Crippen molar-refractivity contribution in [2.45, 2.75) is 19.3 Å². The van der Waals surface area contributed by atoms with E-state index in [9.17, 15) is 13.6 Å². The Kier molecular flexibility index (Phi) is 6.62. The van der Waals surface area contributed by atoms with Gasteiger partial charge in [-0.1, -0.05) is 6.42 Å². The van der Waals surface area contributed by atoms with Gasteiger partial charge in [-0.3, -0.25) is 4.79 Å². The van der Waals surface area contributed by atoms with Gasteiger partial charge in [0.2, 0.25) is 0 Å². The molecule has 0 unspecified atom stereocenters. The predicted molar refractivity (Wildman–Crippen MR) is 75.3 cm³/mol. The van der Waals surface area contributed by atoms with Gasteiger partial charge in [0, 0.05) is 6.54 Å². The van der Waals surface area contributed by atoms with Gasteiger partial charge in [0.05, 0.1) is 5.69 Å². The second-order valence-corrected chi connectivity index (χ2v) is 5.12. The summed E-state index contributed by atoms with van der Waals surface area (Å²) < 4.78 is 27.0. The van der Waals surface area contributed by atoms with Crippen LogP contribution in [0.3, 0.4) is 0 Å². The summed E-state index contributed by atoms with van der Waals surface area (Å²) in [7, 11) is 0. The highest BCUT2D eigenvalue weighted by Gasteiger charge is 2.18. The normalized spacial score (nSPS) is 10.5. The summed E-state index contributed by atoms with van der Waals surface area (Å²) in [5.41, 5.74) is 4.48. The molecular formula is C13H18F2N2OS. The molecule has 6 heteroatoms. The molecule has 0 spiro atoms. The van der Waals surface area contributed by atoms with E-state index >= 15 is 0 Å². The molecule has 1 rings (SSSR count). The Balaban J connectivity index is 2.48. The van der Waals surface area contributed by atoms with Crippen molar-refractivity contribution in [1.29, 1.82) is 0 Å². The molecule has 1 aromatic rings. The van der Waals surface area contributed by atoms with Crippen LogP contribution in [0.5, 0.6) is 0 Å².